The highest BCUT2D eigenvalue weighted by Gasteiger charge is 2.03. The molecule has 18 heavy (non-hydrogen) atoms. The molecular weight excluding hydrogens is 229 g/mol. The second-order valence-corrected chi connectivity index (χ2v) is 3.86. The second-order valence-electron chi connectivity index (χ2n) is 3.86. The maximum atomic E-state index is 13.4. The normalized spacial score (nSPS) is 9.78. The molecule has 0 fully saturated rings. The minimum atomic E-state index is -0.264. The molecule has 0 saturated carbocycles. The molecule has 0 amide bonds. The minimum Gasteiger partial charge on any atom is -0.397 e. The number of halogens is 1. The smallest absolute Gasteiger partial charge is 0.128 e. The van der Waals surface area contributed by atoms with Crippen molar-refractivity contribution in [3.63, 3.8) is 0 Å². The molecule has 0 spiro atoms. The van der Waals surface area contributed by atoms with Gasteiger partial charge in [0.05, 0.1) is 23.0 Å². The van der Waals surface area contributed by atoms with Gasteiger partial charge in [0.1, 0.15) is 5.82 Å². The molecule has 0 aliphatic heterocycles. The lowest BCUT2D eigenvalue weighted by Crippen LogP contribution is -2.04. The van der Waals surface area contributed by atoms with E-state index >= 15 is 0 Å². The van der Waals surface area contributed by atoms with Crippen LogP contribution in [0, 0.1) is 17.1 Å². The monoisotopic (exact) mass is 241 g/mol. The van der Waals surface area contributed by atoms with Gasteiger partial charge in [0.25, 0.3) is 0 Å². The first-order valence-corrected chi connectivity index (χ1v) is 5.47. The van der Waals surface area contributed by atoms with Crippen LogP contribution in [0.25, 0.3) is 0 Å². The Balaban J connectivity index is 2.16. The molecule has 3 nitrogen and oxygen atoms in total. The average molecular weight is 241 g/mol. The zero-order valence-electron chi connectivity index (χ0n) is 9.65. The molecule has 2 aromatic rings. The maximum absolute atomic E-state index is 13.4. The molecule has 0 atom stereocenters. The predicted molar refractivity (Wildman–Crippen MR) is 69.3 cm³/mol. The summed E-state index contributed by atoms with van der Waals surface area (Å²) in [7, 11) is 0. The number of nitriles is 1. The van der Waals surface area contributed by atoms with Crippen LogP contribution in [-0.4, -0.2) is 0 Å². The van der Waals surface area contributed by atoms with E-state index < -0.39 is 0 Å². The van der Waals surface area contributed by atoms with Crippen molar-refractivity contribution in [1.82, 2.24) is 0 Å². The van der Waals surface area contributed by atoms with Gasteiger partial charge in [-0.1, -0.05) is 18.2 Å². The highest BCUT2D eigenvalue weighted by Crippen LogP contribution is 2.20. The van der Waals surface area contributed by atoms with Crippen LogP contribution in [-0.2, 0) is 6.54 Å². The fourth-order valence-electron chi connectivity index (χ4n) is 1.61. The SMILES string of the molecule is N#Cc1ccc(N)c(NCc2ccccc2F)c1. The zero-order chi connectivity index (χ0) is 13.0. The predicted octanol–water partition coefficient (Wildman–Crippen LogP) is 2.89. The standard InChI is InChI=1S/C14H12FN3/c15-12-4-2-1-3-11(12)9-18-14-7-10(8-16)5-6-13(14)17/h1-7,18H,9,17H2. The molecule has 0 bridgehead atoms. The van der Waals surface area contributed by atoms with Gasteiger partial charge in [-0.15, -0.1) is 0 Å². The molecule has 2 rings (SSSR count). The third-order valence-corrected chi connectivity index (χ3v) is 2.61. The van der Waals surface area contributed by atoms with E-state index in [0.29, 0.717) is 29.0 Å². The maximum Gasteiger partial charge on any atom is 0.128 e. The first kappa shape index (κ1) is 11.9. The molecule has 0 aromatic heterocycles. The van der Waals surface area contributed by atoms with Crippen LogP contribution in [0.3, 0.4) is 0 Å². The van der Waals surface area contributed by atoms with E-state index in [-0.39, 0.29) is 5.82 Å². The lowest BCUT2D eigenvalue weighted by Gasteiger charge is -2.10. The summed E-state index contributed by atoms with van der Waals surface area (Å²) >= 11 is 0. The van der Waals surface area contributed by atoms with Crippen molar-refractivity contribution < 1.29 is 4.39 Å². The van der Waals surface area contributed by atoms with Crippen molar-refractivity contribution in [2.75, 3.05) is 11.1 Å². The van der Waals surface area contributed by atoms with Gasteiger partial charge in [-0.3, -0.25) is 0 Å². The van der Waals surface area contributed by atoms with Crippen LogP contribution in [0.2, 0.25) is 0 Å². The van der Waals surface area contributed by atoms with E-state index in [1.54, 1.807) is 36.4 Å². The van der Waals surface area contributed by atoms with Crippen molar-refractivity contribution in [2.24, 2.45) is 0 Å². The molecule has 90 valence electrons. The van der Waals surface area contributed by atoms with Gasteiger partial charge < -0.3 is 11.1 Å². The number of nitrogens with two attached hydrogens (primary N) is 1. The number of benzene rings is 2. The van der Waals surface area contributed by atoms with Gasteiger partial charge in [-0.2, -0.15) is 5.26 Å². The van der Waals surface area contributed by atoms with E-state index in [9.17, 15) is 4.39 Å². The van der Waals surface area contributed by atoms with Gasteiger partial charge in [-0.25, -0.2) is 4.39 Å². The van der Waals surface area contributed by atoms with Crippen molar-refractivity contribution in [3.8, 4) is 6.07 Å². The zero-order valence-corrected chi connectivity index (χ0v) is 9.65. The van der Waals surface area contributed by atoms with Crippen LogP contribution < -0.4 is 11.1 Å². The van der Waals surface area contributed by atoms with E-state index in [1.165, 1.54) is 6.07 Å². The summed E-state index contributed by atoms with van der Waals surface area (Å²) in [6.07, 6.45) is 0. The van der Waals surface area contributed by atoms with Crippen LogP contribution in [0.15, 0.2) is 42.5 Å². The molecule has 4 heteroatoms. The summed E-state index contributed by atoms with van der Waals surface area (Å²) in [6, 6.07) is 13.5. The Morgan fingerprint density at radius 2 is 2.00 bits per heavy atom. The quantitative estimate of drug-likeness (QED) is 0.812. The Morgan fingerprint density at radius 1 is 1.22 bits per heavy atom. The number of hydrogen-bond acceptors (Lipinski definition) is 3. The summed E-state index contributed by atoms with van der Waals surface area (Å²) < 4.78 is 13.4. The molecule has 0 unspecified atom stereocenters. The highest BCUT2D eigenvalue weighted by molar-refractivity contribution is 5.68. The molecule has 3 N–H and O–H groups in total. The molecule has 0 radical (unpaired) electrons. The van der Waals surface area contributed by atoms with Gasteiger partial charge in [0.15, 0.2) is 0 Å². The summed E-state index contributed by atoms with van der Waals surface area (Å²) in [6.45, 7) is 0.325. The average Bonchev–Trinajstić information content (AvgIpc) is 2.39. The van der Waals surface area contributed by atoms with Gasteiger partial charge in [0.2, 0.25) is 0 Å². The Morgan fingerprint density at radius 3 is 2.72 bits per heavy atom. The second kappa shape index (κ2) is 5.19. The van der Waals surface area contributed by atoms with Crippen LogP contribution in [0.4, 0.5) is 15.8 Å². The lowest BCUT2D eigenvalue weighted by molar-refractivity contribution is 0.613. The van der Waals surface area contributed by atoms with Crippen molar-refractivity contribution in [1.29, 1.82) is 5.26 Å². The number of nitrogens with zero attached hydrogens (tertiary/aromatic N) is 1. The molecular formula is C14H12FN3. The Hall–Kier alpha value is -2.54. The largest absolute Gasteiger partial charge is 0.397 e. The van der Waals surface area contributed by atoms with E-state index in [2.05, 4.69) is 5.32 Å². The summed E-state index contributed by atoms with van der Waals surface area (Å²) in [5, 5.41) is 11.8. The number of anilines is 2. The molecule has 0 saturated heterocycles. The number of rotatable bonds is 3. The fraction of sp³-hybridized carbons (Fsp3) is 0.0714. The van der Waals surface area contributed by atoms with E-state index in [0.717, 1.165) is 0 Å². The van der Waals surface area contributed by atoms with E-state index in [1.807, 2.05) is 6.07 Å². The fourth-order valence-corrected chi connectivity index (χ4v) is 1.61. The van der Waals surface area contributed by atoms with Crippen LogP contribution >= 0.6 is 0 Å². The van der Waals surface area contributed by atoms with Crippen LogP contribution in [0.5, 0.6) is 0 Å². The van der Waals surface area contributed by atoms with Gasteiger partial charge in [-0.05, 0) is 24.3 Å². The summed E-state index contributed by atoms with van der Waals surface area (Å²) in [5.74, 6) is -0.264. The number of nitrogen functional groups attached to an aromatic ring is 1. The van der Waals surface area contributed by atoms with Crippen molar-refractivity contribution in [2.45, 2.75) is 6.54 Å². The highest BCUT2D eigenvalue weighted by atomic mass is 19.1. The Bertz CT molecular complexity index is 602. The first-order valence-electron chi connectivity index (χ1n) is 5.47. The summed E-state index contributed by atoms with van der Waals surface area (Å²) in [5.41, 5.74) is 8.02. The molecule has 0 aliphatic carbocycles. The Kier molecular flexibility index (Phi) is 3.44. The minimum absolute atomic E-state index is 0.264. The van der Waals surface area contributed by atoms with Gasteiger partial charge >= 0.3 is 0 Å². The molecule has 0 aliphatic rings. The first-order chi connectivity index (χ1) is 8.70. The lowest BCUT2D eigenvalue weighted by atomic mass is 10.1. The van der Waals surface area contributed by atoms with E-state index in [4.69, 9.17) is 11.0 Å². The third kappa shape index (κ3) is 2.58. The number of nitrogens with one attached hydrogen (secondary N) is 1. The Labute approximate surface area is 105 Å². The third-order valence-electron chi connectivity index (χ3n) is 2.61. The molecule has 2 aromatic carbocycles. The van der Waals surface area contributed by atoms with Crippen LogP contribution in [0.1, 0.15) is 11.1 Å². The molecule has 0 heterocycles. The van der Waals surface area contributed by atoms with Crippen molar-refractivity contribution in [3.05, 3.63) is 59.4 Å². The summed E-state index contributed by atoms with van der Waals surface area (Å²) in [4.78, 5) is 0. The van der Waals surface area contributed by atoms with Crippen molar-refractivity contribution >= 4 is 11.4 Å². The topological polar surface area (TPSA) is 61.8 Å². The van der Waals surface area contributed by atoms with Gasteiger partial charge in [0, 0.05) is 12.1 Å². The number of hydrogen-bond donors (Lipinski definition) is 2.